The first kappa shape index (κ1) is 15.8. The highest BCUT2D eigenvalue weighted by Gasteiger charge is 2.32. The van der Waals surface area contributed by atoms with Crippen LogP contribution in [0.3, 0.4) is 0 Å². The molecule has 3 atom stereocenters. The first-order valence-corrected chi connectivity index (χ1v) is 8.96. The molecular formula is C16H24N2O3S. The summed E-state index contributed by atoms with van der Waals surface area (Å²) in [6.45, 7) is 5.49. The quantitative estimate of drug-likeness (QED) is 0.925. The maximum Gasteiger partial charge on any atom is 0.317 e. The van der Waals surface area contributed by atoms with Gasteiger partial charge in [-0.3, -0.25) is 0 Å². The van der Waals surface area contributed by atoms with Crippen LogP contribution in [0, 0.1) is 0 Å². The molecule has 22 heavy (non-hydrogen) atoms. The SMILES string of the molecule is C[C@H](CNC(=O)N1CCO[C@@H]([C@@H]2CCCO2)C1)c1ccsc1. The molecule has 1 aromatic rings. The summed E-state index contributed by atoms with van der Waals surface area (Å²) in [5.41, 5.74) is 1.28. The van der Waals surface area contributed by atoms with Crippen LogP contribution in [0.15, 0.2) is 16.8 Å². The van der Waals surface area contributed by atoms with Gasteiger partial charge in [-0.25, -0.2) is 4.79 Å². The lowest BCUT2D eigenvalue weighted by Crippen LogP contribution is -2.53. The van der Waals surface area contributed by atoms with E-state index in [9.17, 15) is 4.79 Å². The summed E-state index contributed by atoms with van der Waals surface area (Å²) in [5.74, 6) is 0.338. The second-order valence-corrected chi connectivity index (χ2v) is 6.83. The third kappa shape index (κ3) is 3.80. The number of nitrogens with one attached hydrogen (secondary N) is 1. The molecule has 3 heterocycles. The predicted molar refractivity (Wildman–Crippen MR) is 86.4 cm³/mol. The Bertz CT molecular complexity index is 474. The fourth-order valence-corrected chi connectivity index (χ4v) is 3.79. The summed E-state index contributed by atoms with van der Waals surface area (Å²) in [4.78, 5) is 14.2. The summed E-state index contributed by atoms with van der Waals surface area (Å²) in [7, 11) is 0. The van der Waals surface area contributed by atoms with Gasteiger partial charge in [0.05, 0.1) is 19.3 Å². The molecule has 0 saturated carbocycles. The number of hydrogen-bond donors (Lipinski definition) is 1. The lowest BCUT2D eigenvalue weighted by atomic mass is 10.1. The van der Waals surface area contributed by atoms with Crippen LogP contribution in [0.2, 0.25) is 0 Å². The predicted octanol–water partition coefficient (Wildman–Crippen LogP) is 2.44. The van der Waals surface area contributed by atoms with E-state index in [0.29, 0.717) is 32.2 Å². The van der Waals surface area contributed by atoms with Crippen LogP contribution in [0.25, 0.3) is 0 Å². The molecule has 122 valence electrons. The molecule has 2 aliphatic rings. The number of amides is 2. The van der Waals surface area contributed by atoms with Crippen molar-refractivity contribution in [3.63, 3.8) is 0 Å². The Labute approximate surface area is 135 Å². The molecule has 0 aromatic carbocycles. The van der Waals surface area contributed by atoms with Gasteiger partial charge in [0.15, 0.2) is 0 Å². The van der Waals surface area contributed by atoms with E-state index >= 15 is 0 Å². The number of nitrogens with zero attached hydrogens (tertiary/aromatic N) is 1. The highest BCUT2D eigenvalue weighted by Crippen LogP contribution is 2.21. The molecular weight excluding hydrogens is 300 g/mol. The van der Waals surface area contributed by atoms with Gasteiger partial charge in [0, 0.05) is 19.7 Å². The van der Waals surface area contributed by atoms with Gasteiger partial charge in [-0.2, -0.15) is 11.3 Å². The molecule has 1 N–H and O–H groups in total. The molecule has 0 unspecified atom stereocenters. The van der Waals surface area contributed by atoms with E-state index in [1.54, 1.807) is 11.3 Å². The first-order chi connectivity index (χ1) is 10.7. The number of thiophene rings is 1. The molecule has 2 aliphatic heterocycles. The minimum atomic E-state index is 0.00776. The Morgan fingerprint density at radius 1 is 1.45 bits per heavy atom. The molecule has 0 aliphatic carbocycles. The van der Waals surface area contributed by atoms with E-state index < -0.39 is 0 Å². The molecule has 2 fully saturated rings. The maximum absolute atomic E-state index is 12.4. The van der Waals surface area contributed by atoms with Gasteiger partial charge >= 0.3 is 6.03 Å². The number of hydrogen-bond acceptors (Lipinski definition) is 4. The lowest BCUT2D eigenvalue weighted by Gasteiger charge is -2.35. The number of urea groups is 1. The van der Waals surface area contributed by atoms with E-state index in [2.05, 4.69) is 29.1 Å². The Kier molecular flexibility index (Phi) is 5.33. The van der Waals surface area contributed by atoms with Crippen LogP contribution < -0.4 is 5.32 Å². The highest BCUT2D eigenvalue weighted by atomic mass is 32.1. The molecule has 6 heteroatoms. The second kappa shape index (κ2) is 7.44. The van der Waals surface area contributed by atoms with E-state index in [4.69, 9.17) is 9.47 Å². The van der Waals surface area contributed by atoms with Crippen molar-refractivity contribution in [2.24, 2.45) is 0 Å². The average molecular weight is 324 g/mol. The molecule has 0 spiro atoms. The van der Waals surface area contributed by atoms with Crippen LogP contribution in [0.1, 0.15) is 31.2 Å². The van der Waals surface area contributed by atoms with Crippen molar-refractivity contribution in [2.45, 2.75) is 37.9 Å². The van der Waals surface area contributed by atoms with E-state index in [0.717, 1.165) is 19.4 Å². The molecule has 2 amide bonds. The fraction of sp³-hybridized carbons (Fsp3) is 0.688. The first-order valence-electron chi connectivity index (χ1n) is 8.02. The van der Waals surface area contributed by atoms with Gasteiger partial charge < -0.3 is 19.7 Å². The number of carbonyl (C=O) groups is 1. The summed E-state index contributed by atoms with van der Waals surface area (Å²) in [6, 6.07) is 2.12. The zero-order valence-electron chi connectivity index (χ0n) is 13.0. The van der Waals surface area contributed by atoms with Gasteiger partial charge in [0.25, 0.3) is 0 Å². The molecule has 0 bridgehead atoms. The van der Waals surface area contributed by atoms with Crippen LogP contribution in [-0.2, 0) is 9.47 Å². The highest BCUT2D eigenvalue weighted by molar-refractivity contribution is 7.07. The summed E-state index contributed by atoms with van der Waals surface area (Å²) in [5, 5.41) is 7.26. The Hall–Kier alpha value is -1.11. The number of morpholine rings is 1. The zero-order valence-corrected chi connectivity index (χ0v) is 13.8. The van der Waals surface area contributed by atoms with Crippen molar-refractivity contribution in [1.29, 1.82) is 0 Å². The van der Waals surface area contributed by atoms with Gasteiger partial charge in [-0.1, -0.05) is 6.92 Å². The average Bonchev–Trinajstić information content (AvgIpc) is 3.25. The van der Waals surface area contributed by atoms with Crippen molar-refractivity contribution in [1.82, 2.24) is 10.2 Å². The molecule has 5 nitrogen and oxygen atoms in total. The third-order valence-electron chi connectivity index (χ3n) is 4.43. The molecule has 2 saturated heterocycles. The van der Waals surface area contributed by atoms with Crippen LogP contribution in [0.5, 0.6) is 0 Å². The van der Waals surface area contributed by atoms with Gasteiger partial charge in [-0.15, -0.1) is 0 Å². The van der Waals surface area contributed by atoms with Crippen LogP contribution in [-0.4, -0.2) is 56.0 Å². The topological polar surface area (TPSA) is 50.8 Å². The minimum Gasteiger partial charge on any atom is -0.375 e. The number of carbonyl (C=O) groups excluding carboxylic acids is 1. The summed E-state index contributed by atoms with van der Waals surface area (Å²) < 4.78 is 11.5. The monoisotopic (exact) mass is 324 g/mol. The molecule has 0 radical (unpaired) electrons. The third-order valence-corrected chi connectivity index (χ3v) is 5.13. The van der Waals surface area contributed by atoms with Crippen molar-refractivity contribution >= 4 is 17.4 Å². The standard InChI is InChI=1S/C16H24N2O3S/c1-12(13-4-8-22-11-13)9-17-16(19)18-5-7-21-15(10-18)14-3-2-6-20-14/h4,8,11-12,14-15H,2-3,5-7,9-10H2,1H3,(H,17,19)/t12-,14+,15-/m1/s1. The number of ether oxygens (including phenoxy) is 2. The van der Waals surface area contributed by atoms with E-state index in [-0.39, 0.29) is 18.2 Å². The minimum absolute atomic E-state index is 0.00776. The summed E-state index contributed by atoms with van der Waals surface area (Å²) >= 11 is 1.69. The molecule has 3 rings (SSSR count). The van der Waals surface area contributed by atoms with Crippen molar-refractivity contribution < 1.29 is 14.3 Å². The van der Waals surface area contributed by atoms with Gasteiger partial charge in [-0.05, 0) is 41.1 Å². The van der Waals surface area contributed by atoms with E-state index in [1.807, 2.05) is 4.90 Å². The van der Waals surface area contributed by atoms with Crippen LogP contribution >= 0.6 is 11.3 Å². The zero-order chi connectivity index (χ0) is 15.4. The van der Waals surface area contributed by atoms with Crippen LogP contribution in [0.4, 0.5) is 4.79 Å². The largest absolute Gasteiger partial charge is 0.375 e. The molecule has 1 aromatic heterocycles. The fourth-order valence-electron chi connectivity index (χ4n) is 3.01. The summed E-state index contributed by atoms with van der Waals surface area (Å²) in [6.07, 6.45) is 2.31. The van der Waals surface area contributed by atoms with Gasteiger partial charge in [0.2, 0.25) is 0 Å². The normalized spacial score (nSPS) is 26.9. The van der Waals surface area contributed by atoms with Crippen molar-refractivity contribution in [3.8, 4) is 0 Å². The van der Waals surface area contributed by atoms with Crippen molar-refractivity contribution in [3.05, 3.63) is 22.4 Å². The Balaban J connectivity index is 1.47. The van der Waals surface area contributed by atoms with E-state index in [1.165, 1.54) is 5.56 Å². The van der Waals surface area contributed by atoms with Crippen molar-refractivity contribution in [2.75, 3.05) is 32.8 Å². The second-order valence-electron chi connectivity index (χ2n) is 6.05. The van der Waals surface area contributed by atoms with Gasteiger partial charge in [0.1, 0.15) is 6.10 Å². The Morgan fingerprint density at radius 3 is 3.05 bits per heavy atom. The number of rotatable bonds is 4. The maximum atomic E-state index is 12.4. The lowest BCUT2D eigenvalue weighted by molar-refractivity contribution is -0.0848. The Morgan fingerprint density at radius 2 is 2.32 bits per heavy atom. The smallest absolute Gasteiger partial charge is 0.317 e.